The van der Waals surface area contributed by atoms with Gasteiger partial charge in [0.25, 0.3) is 0 Å². The second-order valence-electron chi connectivity index (χ2n) is 4.94. The van der Waals surface area contributed by atoms with Crippen molar-refractivity contribution in [1.29, 1.82) is 0 Å². The molecule has 1 rings (SSSR count). The van der Waals surface area contributed by atoms with Gasteiger partial charge in [-0.2, -0.15) is 13.2 Å². The Kier molecular flexibility index (Phi) is 5.74. The van der Waals surface area contributed by atoms with Crippen LogP contribution in [0.2, 0.25) is 0 Å². The van der Waals surface area contributed by atoms with Gasteiger partial charge in [-0.1, -0.05) is 37.3 Å². The molecule has 0 saturated heterocycles. The Morgan fingerprint density at radius 1 is 1.24 bits per heavy atom. The van der Waals surface area contributed by atoms with E-state index in [0.717, 1.165) is 0 Å². The van der Waals surface area contributed by atoms with Crippen LogP contribution >= 0.6 is 0 Å². The number of rotatable bonds is 7. The standard InChI is InChI=1S/C14H20F3N3O/c1-2-20(10-14(15,16)17)9-8-13(19,12(18)21)11-6-4-3-5-7-11/h3-7H,2,8-10,19H2,1H3,(H2,18,21). The van der Waals surface area contributed by atoms with Gasteiger partial charge in [0.15, 0.2) is 0 Å². The molecule has 0 spiro atoms. The van der Waals surface area contributed by atoms with E-state index in [-0.39, 0.29) is 19.5 Å². The summed E-state index contributed by atoms with van der Waals surface area (Å²) < 4.78 is 37.3. The molecular formula is C14H20F3N3O. The Balaban J connectivity index is 2.82. The highest BCUT2D eigenvalue weighted by Gasteiger charge is 2.36. The van der Waals surface area contributed by atoms with Crippen LogP contribution in [0.15, 0.2) is 30.3 Å². The second kappa shape index (κ2) is 6.91. The van der Waals surface area contributed by atoms with Crippen LogP contribution in [0.4, 0.5) is 13.2 Å². The minimum atomic E-state index is -4.28. The molecule has 0 saturated carbocycles. The molecule has 4 nitrogen and oxygen atoms in total. The summed E-state index contributed by atoms with van der Waals surface area (Å²) in [6.45, 7) is 0.831. The lowest BCUT2D eigenvalue weighted by Crippen LogP contribution is -2.51. The summed E-state index contributed by atoms with van der Waals surface area (Å²) in [6.07, 6.45) is -4.26. The highest BCUT2D eigenvalue weighted by Crippen LogP contribution is 2.23. The number of primary amides is 1. The van der Waals surface area contributed by atoms with Crippen LogP contribution < -0.4 is 11.5 Å². The number of amides is 1. The SMILES string of the molecule is CCN(CCC(N)(C(N)=O)c1ccccc1)CC(F)(F)F. The Morgan fingerprint density at radius 2 is 1.81 bits per heavy atom. The summed E-state index contributed by atoms with van der Waals surface area (Å²) in [5.74, 6) is -0.753. The fraction of sp³-hybridized carbons (Fsp3) is 0.500. The van der Waals surface area contributed by atoms with Gasteiger partial charge in [0.05, 0.1) is 6.54 Å². The number of carbonyl (C=O) groups excluding carboxylic acids is 1. The molecule has 0 aromatic heterocycles. The van der Waals surface area contributed by atoms with Gasteiger partial charge in [0, 0.05) is 6.54 Å². The van der Waals surface area contributed by atoms with Gasteiger partial charge in [-0.15, -0.1) is 0 Å². The average molecular weight is 303 g/mol. The zero-order valence-electron chi connectivity index (χ0n) is 11.9. The van der Waals surface area contributed by atoms with Crippen LogP contribution in [-0.4, -0.2) is 36.6 Å². The number of hydrogen-bond donors (Lipinski definition) is 2. The Hall–Kier alpha value is -1.60. The van der Waals surface area contributed by atoms with Crippen LogP contribution in [0.3, 0.4) is 0 Å². The van der Waals surface area contributed by atoms with E-state index in [1.165, 1.54) is 4.90 Å². The molecular weight excluding hydrogens is 283 g/mol. The van der Waals surface area contributed by atoms with Crippen molar-refractivity contribution < 1.29 is 18.0 Å². The van der Waals surface area contributed by atoms with Crippen molar-refractivity contribution in [2.24, 2.45) is 11.5 Å². The van der Waals surface area contributed by atoms with E-state index < -0.39 is 24.2 Å². The maximum Gasteiger partial charge on any atom is 0.401 e. The highest BCUT2D eigenvalue weighted by molar-refractivity contribution is 5.85. The molecule has 4 N–H and O–H groups in total. The van der Waals surface area contributed by atoms with Crippen molar-refractivity contribution in [3.05, 3.63) is 35.9 Å². The third-order valence-corrected chi connectivity index (χ3v) is 3.40. The fourth-order valence-electron chi connectivity index (χ4n) is 2.08. The summed E-state index contributed by atoms with van der Waals surface area (Å²) in [4.78, 5) is 12.9. The van der Waals surface area contributed by atoms with Gasteiger partial charge in [-0.25, -0.2) is 0 Å². The van der Waals surface area contributed by atoms with Crippen molar-refractivity contribution in [3.63, 3.8) is 0 Å². The molecule has 1 aromatic carbocycles. The lowest BCUT2D eigenvalue weighted by molar-refractivity contribution is -0.146. The van der Waals surface area contributed by atoms with E-state index in [1.807, 2.05) is 0 Å². The highest BCUT2D eigenvalue weighted by atomic mass is 19.4. The maximum absolute atomic E-state index is 12.4. The molecule has 0 aliphatic rings. The molecule has 1 unspecified atom stereocenters. The lowest BCUT2D eigenvalue weighted by atomic mass is 9.86. The molecule has 21 heavy (non-hydrogen) atoms. The van der Waals surface area contributed by atoms with Gasteiger partial charge in [-0.05, 0) is 18.5 Å². The summed E-state index contributed by atoms with van der Waals surface area (Å²) in [6, 6.07) is 8.45. The monoisotopic (exact) mass is 303 g/mol. The molecule has 1 amide bonds. The zero-order chi connectivity index (χ0) is 16.1. The van der Waals surface area contributed by atoms with Crippen LogP contribution in [0.25, 0.3) is 0 Å². The zero-order valence-corrected chi connectivity index (χ0v) is 11.9. The third-order valence-electron chi connectivity index (χ3n) is 3.40. The molecule has 0 heterocycles. The van der Waals surface area contributed by atoms with E-state index in [2.05, 4.69) is 0 Å². The number of carbonyl (C=O) groups is 1. The molecule has 7 heteroatoms. The van der Waals surface area contributed by atoms with Crippen molar-refractivity contribution in [2.45, 2.75) is 25.1 Å². The molecule has 0 bridgehead atoms. The van der Waals surface area contributed by atoms with Crippen molar-refractivity contribution in [1.82, 2.24) is 4.90 Å². The van der Waals surface area contributed by atoms with E-state index in [9.17, 15) is 18.0 Å². The maximum atomic E-state index is 12.4. The molecule has 0 fully saturated rings. The van der Waals surface area contributed by atoms with E-state index in [0.29, 0.717) is 5.56 Å². The smallest absolute Gasteiger partial charge is 0.368 e. The van der Waals surface area contributed by atoms with Crippen molar-refractivity contribution in [3.8, 4) is 0 Å². The van der Waals surface area contributed by atoms with Crippen molar-refractivity contribution >= 4 is 5.91 Å². The number of halogens is 3. The van der Waals surface area contributed by atoms with E-state index in [1.54, 1.807) is 37.3 Å². The normalized spacial score (nSPS) is 15.0. The molecule has 118 valence electrons. The first kappa shape index (κ1) is 17.5. The number of alkyl halides is 3. The average Bonchev–Trinajstić information content (AvgIpc) is 2.42. The van der Waals surface area contributed by atoms with Gasteiger partial charge >= 0.3 is 6.18 Å². The minimum absolute atomic E-state index is 0.0241. The first-order valence-corrected chi connectivity index (χ1v) is 6.62. The van der Waals surface area contributed by atoms with Crippen LogP contribution in [0.5, 0.6) is 0 Å². The van der Waals surface area contributed by atoms with Crippen molar-refractivity contribution in [2.75, 3.05) is 19.6 Å². The minimum Gasteiger partial charge on any atom is -0.368 e. The van der Waals surface area contributed by atoms with Gasteiger partial charge in [0.1, 0.15) is 5.54 Å². The molecule has 0 aliphatic carbocycles. The molecule has 0 radical (unpaired) electrons. The lowest BCUT2D eigenvalue weighted by Gasteiger charge is -2.30. The molecule has 0 aliphatic heterocycles. The number of nitrogens with zero attached hydrogens (tertiary/aromatic N) is 1. The van der Waals surface area contributed by atoms with Gasteiger partial charge < -0.3 is 11.5 Å². The Morgan fingerprint density at radius 3 is 2.24 bits per heavy atom. The van der Waals surface area contributed by atoms with Crippen LogP contribution in [0.1, 0.15) is 18.9 Å². The first-order valence-electron chi connectivity index (χ1n) is 6.62. The predicted molar refractivity (Wildman–Crippen MR) is 74.3 cm³/mol. The number of hydrogen-bond acceptors (Lipinski definition) is 3. The van der Waals surface area contributed by atoms with Gasteiger partial charge in [0.2, 0.25) is 5.91 Å². The van der Waals surface area contributed by atoms with E-state index in [4.69, 9.17) is 11.5 Å². The number of nitrogens with two attached hydrogens (primary N) is 2. The van der Waals surface area contributed by atoms with Gasteiger partial charge in [-0.3, -0.25) is 9.69 Å². The quantitative estimate of drug-likeness (QED) is 0.803. The molecule has 1 atom stereocenters. The molecule has 1 aromatic rings. The fourth-order valence-corrected chi connectivity index (χ4v) is 2.08. The Bertz CT molecular complexity index is 464. The third kappa shape index (κ3) is 5.02. The van der Waals surface area contributed by atoms with Crippen LogP contribution in [0, 0.1) is 0 Å². The van der Waals surface area contributed by atoms with E-state index >= 15 is 0 Å². The summed E-state index contributed by atoms with van der Waals surface area (Å²) in [5.41, 5.74) is 10.4. The van der Waals surface area contributed by atoms with Crippen LogP contribution in [-0.2, 0) is 10.3 Å². The summed E-state index contributed by atoms with van der Waals surface area (Å²) in [5, 5.41) is 0. The summed E-state index contributed by atoms with van der Waals surface area (Å²) >= 11 is 0. The largest absolute Gasteiger partial charge is 0.401 e. The topological polar surface area (TPSA) is 72.3 Å². The predicted octanol–water partition coefficient (Wildman–Crippen LogP) is 1.60. The number of benzene rings is 1. The first-order chi connectivity index (χ1) is 9.69. The Labute approximate surface area is 121 Å². The second-order valence-corrected chi connectivity index (χ2v) is 4.94. The summed E-state index contributed by atoms with van der Waals surface area (Å²) in [7, 11) is 0.